The van der Waals surface area contributed by atoms with E-state index in [2.05, 4.69) is 11.4 Å². The molecule has 0 amide bonds. The highest BCUT2D eigenvalue weighted by molar-refractivity contribution is 5.69. The molecule has 1 aromatic rings. The van der Waals surface area contributed by atoms with Crippen LogP contribution < -0.4 is 10.1 Å². The van der Waals surface area contributed by atoms with Gasteiger partial charge in [0.1, 0.15) is 5.75 Å². The first-order valence-electron chi connectivity index (χ1n) is 4.75. The number of carbonyl (C=O) groups excluding carboxylic acids is 1. The molecule has 0 atom stereocenters. The maximum atomic E-state index is 10.7. The predicted octanol–water partition coefficient (Wildman–Crippen LogP) is 1.30. The predicted molar refractivity (Wildman–Crippen MR) is 53.4 cm³/mol. The zero-order valence-electron chi connectivity index (χ0n) is 8.12. The number of ether oxygens (including phenoxy) is 1. The van der Waals surface area contributed by atoms with Crippen molar-refractivity contribution in [2.75, 3.05) is 13.1 Å². The molecule has 1 aliphatic heterocycles. The Labute approximate surface area is 83.1 Å². The Hall–Kier alpha value is -1.35. The summed E-state index contributed by atoms with van der Waals surface area (Å²) in [5.74, 6) is 0.946. The number of hydrogen-bond donors (Lipinski definition) is 1. The molecule has 0 radical (unpaired) electrons. The highest BCUT2D eigenvalue weighted by Gasteiger charge is 2.18. The van der Waals surface area contributed by atoms with E-state index in [0.29, 0.717) is 11.7 Å². The molecule has 1 aromatic carbocycles. The van der Waals surface area contributed by atoms with Gasteiger partial charge in [0.2, 0.25) is 0 Å². The van der Waals surface area contributed by atoms with Gasteiger partial charge in [0.15, 0.2) is 0 Å². The van der Waals surface area contributed by atoms with Gasteiger partial charge in [-0.3, -0.25) is 4.79 Å². The van der Waals surface area contributed by atoms with Crippen molar-refractivity contribution in [3.63, 3.8) is 0 Å². The van der Waals surface area contributed by atoms with Gasteiger partial charge in [-0.25, -0.2) is 0 Å². The number of hydrogen-bond acceptors (Lipinski definition) is 3. The van der Waals surface area contributed by atoms with E-state index >= 15 is 0 Å². The van der Waals surface area contributed by atoms with Crippen molar-refractivity contribution in [2.24, 2.45) is 0 Å². The minimum Gasteiger partial charge on any atom is -0.427 e. The van der Waals surface area contributed by atoms with Crippen molar-refractivity contribution in [3.05, 3.63) is 29.8 Å². The zero-order chi connectivity index (χ0) is 9.97. The molecule has 0 unspecified atom stereocenters. The fourth-order valence-electron chi connectivity index (χ4n) is 1.52. The van der Waals surface area contributed by atoms with Crippen LogP contribution in [-0.2, 0) is 4.79 Å². The van der Waals surface area contributed by atoms with Crippen LogP contribution in [0.4, 0.5) is 0 Å². The largest absolute Gasteiger partial charge is 0.427 e. The summed E-state index contributed by atoms with van der Waals surface area (Å²) in [4.78, 5) is 10.7. The number of nitrogens with one attached hydrogen (secondary N) is 1. The minimum atomic E-state index is -0.270. The standard InChI is InChI=1S/C11H13NO2/c1-8(13)14-11-4-2-3-9(5-11)10-6-12-7-10/h2-5,10,12H,6-7H2,1H3. The van der Waals surface area contributed by atoms with Crippen LogP contribution >= 0.6 is 0 Å². The van der Waals surface area contributed by atoms with Gasteiger partial charge in [-0.15, -0.1) is 0 Å². The summed E-state index contributed by atoms with van der Waals surface area (Å²) >= 11 is 0. The molecule has 0 aliphatic carbocycles. The monoisotopic (exact) mass is 191 g/mol. The quantitative estimate of drug-likeness (QED) is 0.565. The van der Waals surface area contributed by atoms with Crippen LogP contribution in [0.5, 0.6) is 5.75 Å². The van der Waals surface area contributed by atoms with Crippen LogP contribution in [-0.4, -0.2) is 19.1 Å². The minimum absolute atomic E-state index is 0.270. The van der Waals surface area contributed by atoms with E-state index in [-0.39, 0.29) is 5.97 Å². The Balaban J connectivity index is 2.13. The maximum Gasteiger partial charge on any atom is 0.308 e. The van der Waals surface area contributed by atoms with Gasteiger partial charge in [0.25, 0.3) is 0 Å². The molecule has 0 spiro atoms. The highest BCUT2D eigenvalue weighted by Crippen LogP contribution is 2.23. The molecule has 1 aliphatic rings. The summed E-state index contributed by atoms with van der Waals surface area (Å²) in [6.45, 7) is 3.45. The lowest BCUT2D eigenvalue weighted by atomic mass is 9.94. The van der Waals surface area contributed by atoms with Crippen molar-refractivity contribution >= 4 is 5.97 Å². The lowest BCUT2D eigenvalue weighted by Crippen LogP contribution is -2.39. The Morgan fingerprint density at radius 1 is 1.50 bits per heavy atom. The zero-order valence-corrected chi connectivity index (χ0v) is 8.12. The van der Waals surface area contributed by atoms with E-state index in [4.69, 9.17) is 4.74 Å². The molecule has 1 saturated heterocycles. The Morgan fingerprint density at radius 2 is 2.29 bits per heavy atom. The van der Waals surface area contributed by atoms with Crippen LogP contribution in [0.15, 0.2) is 24.3 Å². The fraction of sp³-hybridized carbons (Fsp3) is 0.364. The van der Waals surface area contributed by atoms with Crippen molar-refractivity contribution in [3.8, 4) is 5.75 Å². The number of carbonyl (C=O) groups is 1. The molecular formula is C11H13NO2. The first kappa shape index (κ1) is 9.21. The summed E-state index contributed by atoms with van der Waals surface area (Å²) in [7, 11) is 0. The van der Waals surface area contributed by atoms with Crippen LogP contribution in [0.1, 0.15) is 18.4 Å². The number of benzene rings is 1. The third-order valence-corrected chi connectivity index (χ3v) is 2.37. The number of esters is 1. The van der Waals surface area contributed by atoms with Crippen molar-refractivity contribution in [1.82, 2.24) is 5.32 Å². The smallest absolute Gasteiger partial charge is 0.308 e. The highest BCUT2D eigenvalue weighted by atomic mass is 16.5. The maximum absolute atomic E-state index is 10.7. The molecule has 1 fully saturated rings. The van der Waals surface area contributed by atoms with Gasteiger partial charge in [-0.05, 0) is 17.7 Å². The van der Waals surface area contributed by atoms with Crippen LogP contribution in [0.3, 0.4) is 0 Å². The van der Waals surface area contributed by atoms with Crippen LogP contribution in [0.2, 0.25) is 0 Å². The molecule has 14 heavy (non-hydrogen) atoms. The molecular weight excluding hydrogens is 178 g/mol. The molecule has 0 saturated carbocycles. The Kier molecular flexibility index (Phi) is 2.50. The Morgan fingerprint density at radius 3 is 2.86 bits per heavy atom. The third kappa shape index (κ3) is 1.93. The second kappa shape index (κ2) is 3.80. The van der Waals surface area contributed by atoms with Gasteiger partial charge < -0.3 is 10.1 Å². The molecule has 3 nitrogen and oxygen atoms in total. The van der Waals surface area contributed by atoms with Crippen molar-refractivity contribution < 1.29 is 9.53 Å². The van der Waals surface area contributed by atoms with Gasteiger partial charge >= 0.3 is 5.97 Å². The van der Waals surface area contributed by atoms with E-state index in [1.165, 1.54) is 12.5 Å². The van der Waals surface area contributed by atoms with E-state index < -0.39 is 0 Å². The van der Waals surface area contributed by atoms with Gasteiger partial charge in [-0.1, -0.05) is 12.1 Å². The topological polar surface area (TPSA) is 38.3 Å². The van der Waals surface area contributed by atoms with Crippen LogP contribution in [0, 0.1) is 0 Å². The van der Waals surface area contributed by atoms with Crippen LogP contribution in [0.25, 0.3) is 0 Å². The average Bonchev–Trinajstić information content (AvgIpc) is 1.99. The van der Waals surface area contributed by atoms with E-state index in [0.717, 1.165) is 13.1 Å². The molecule has 3 heteroatoms. The fourth-order valence-corrected chi connectivity index (χ4v) is 1.52. The second-order valence-corrected chi connectivity index (χ2v) is 3.52. The summed E-state index contributed by atoms with van der Waals surface area (Å²) in [6, 6.07) is 7.73. The van der Waals surface area contributed by atoms with Crippen molar-refractivity contribution in [2.45, 2.75) is 12.8 Å². The molecule has 0 bridgehead atoms. The summed E-state index contributed by atoms with van der Waals surface area (Å²) in [6.07, 6.45) is 0. The van der Waals surface area contributed by atoms with Gasteiger partial charge in [0.05, 0.1) is 0 Å². The van der Waals surface area contributed by atoms with E-state index in [1.807, 2.05) is 12.1 Å². The van der Waals surface area contributed by atoms with E-state index in [1.54, 1.807) is 6.07 Å². The molecule has 0 aromatic heterocycles. The van der Waals surface area contributed by atoms with Crippen molar-refractivity contribution in [1.29, 1.82) is 0 Å². The van der Waals surface area contributed by atoms with Gasteiger partial charge in [-0.2, -0.15) is 0 Å². The normalized spacial score (nSPS) is 16.1. The SMILES string of the molecule is CC(=O)Oc1cccc(C2CNC2)c1. The van der Waals surface area contributed by atoms with E-state index in [9.17, 15) is 4.79 Å². The molecule has 1 N–H and O–H groups in total. The molecule has 2 rings (SSSR count). The van der Waals surface area contributed by atoms with Gasteiger partial charge in [0, 0.05) is 25.9 Å². The second-order valence-electron chi connectivity index (χ2n) is 3.52. The number of rotatable bonds is 2. The lowest BCUT2D eigenvalue weighted by molar-refractivity contribution is -0.131. The average molecular weight is 191 g/mol. The summed E-state index contributed by atoms with van der Waals surface area (Å²) in [5, 5.41) is 3.21. The lowest BCUT2D eigenvalue weighted by Gasteiger charge is -2.27. The summed E-state index contributed by atoms with van der Waals surface area (Å²) in [5.41, 5.74) is 1.24. The molecule has 74 valence electrons. The third-order valence-electron chi connectivity index (χ3n) is 2.37. The first-order valence-corrected chi connectivity index (χ1v) is 4.75. The summed E-state index contributed by atoms with van der Waals surface area (Å²) < 4.78 is 5.01. The molecule has 1 heterocycles. The Bertz CT molecular complexity index is 345. The first-order chi connectivity index (χ1) is 6.75.